The Labute approximate surface area is 122 Å². The maximum Gasteiger partial charge on any atom is 0.139 e. The number of nitrogens with zero attached hydrogens (tertiary/aromatic N) is 2. The molecule has 1 aromatic rings. The van der Waals surface area contributed by atoms with Gasteiger partial charge in [-0.05, 0) is 45.4 Å². The van der Waals surface area contributed by atoms with Crippen molar-refractivity contribution in [1.82, 2.24) is 4.98 Å². The molecule has 4 heteroatoms. The molecule has 1 aromatic heterocycles. The van der Waals surface area contributed by atoms with Crippen LogP contribution in [-0.4, -0.2) is 25.2 Å². The van der Waals surface area contributed by atoms with Crippen molar-refractivity contribution in [2.75, 3.05) is 25.1 Å². The van der Waals surface area contributed by atoms with Gasteiger partial charge in [0, 0.05) is 13.1 Å². The van der Waals surface area contributed by atoms with Crippen LogP contribution in [0, 0.1) is 6.92 Å². The van der Waals surface area contributed by atoms with E-state index in [4.69, 9.17) is 10.5 Å². The van der Waals surface area contributed by atoms with Crippen molar-refractivity contribution in [2.24, 2.45) is 5.73 Å². The van der Waals surface area contributed by atoms with Crippen molar-refractivity contribution in [3.63, 3.8) is 0 Å². The summed E-state index contributed by atoms with van der Waals surface area (Å²) in [6.45, 7) is 5.61. The minimum absolute atomic E-state index is 0.721. The number of rotatable bonds is 9. The smallest absolute Gasteiger partial charge is 0.139 e. The molecule has 0 aliphatic rings. The number of aryl methyl sites for hydroxylation is 1. The Kier molecular flexibility index (Phi) is 7.73. The molecule has 2 N–H and O–H groups in total. The standard InChI is InChI=1S/C16H27N3O/c1-4-5-10-19(3)16-12-15(13-18-14(16)2)20-11-8-6-7-9-17/h5,10,12-13H,4,6-9,11,17H2,1-3H3/b10-5-. The molecule has 0 unspecified atom stereocenters. The Morgan fingerprint density at radius 2 is 2.15 bits per heavy atom. The van der Waals surface area contributed by atoms with Crippen LogP contribution in [0.3, 0.4) is 0 Å². The van der Waals surface area contributed by atoms with Crippen LogP contribution in [0.1, 0.15) is 38.3 Å². The van der Waals surface area contributed by atoms with E-state index >= 15 is 0 Å². The molecular weight excluding hydrogens is 250 g/mol. The summed E-state index contributed by atoms with van der Waals surface area (Å²) in [5.74, 6) is 0.829. The highest BCUT2D eigenvalue weighted by molar-refractivity contribution is 5.54. The molecule has 0 spiro atoms. The van der Waals surface area contributed by atoms with Crippen molar-refractivity contribution in [3.05, 3.63) is 30.2 Å². The summed E-state index contributed by atoms with van der Waals surface area (Å²) in [5.41, 5.74) is 7.55. The van der Waals surface area contributed by atoms with Gasteiger partial charge >= 0.3 is 0 Å². The van der Waals surface area contributed by atoms with E-state index in [1.807, 2.05) is 20.0 Å². The van der Waals surface area contributed by atoms with E-state index in [9.17, 15) is 0 Å². The predicted molar refractivity (Wildman–Crippen MR) is 85.2 cm³/mol. The van der Waals surface area contributed by atoms with Gasteiger partial charge in [0.25, 0.3) is 0 Å². The van der Waals surface area contributed by atoms with E-state index in [1.54, 1.807) is 6.20 Å². The lowest BCUT2D eigenvalue weighted by molar-refractivity contribution is 0.304. The Bertz CT molecular complexity index is 418. The topological polar surface area (TPSA) is 51.4 Å². The minimum atomic E-state index is 0.721. The maximum absolute atomic E-state index is 5.75. The lowest BCUT2D eigenvalue weighted by Gasteiger charge is -2.17. The van der Waals surface area contributed by atoms with Crippen molar-refractivity contribution in [3.8, 4) is 5.75 Å². The monoisotopic (exact) mass is 277 g/mol. The summed E-state index contributed by atoms with van der Waals surface area (Å²) in [7, 11) is 2.03. The van der Waals surface area contributed by atoms with E-state index in [2.05, 4.69) is 29.1 Å². The molecule has 0 amide bonds. The van der Waals surface area contributed by atoms with E-state index in [1.165, 1.54) is 0 Å². The summed E-state index contributed by atoms with van der Waals surface area (Å²) in [5, 5.41) is 0. The zero-order valence-electron chi connectivity index (χ0n) is 12.9. The van der Waals surface area contributed by atoms with Gasteiger partial charge in [0.15, 0.2) is 0 Å². The van der Waals surface area contributed by atoms with Gasteiger partial charge in [-0.15, -0.1) is 0 Å². The molecule has 0 fully saturated rings. The SMILES string of the molecule is CC/C=C\N(C)c1cc(OCCCCCN)cnc1C. The largest absolute Gasteiger partial charge is 0.492 e. The highest BCUT2D eigenvalue weighted by atomic mass is 16.5. The van der Waals surface area contributed by atoms with Crippen LogP contribution >= 0.6 is 0 Å². The number of ether oxygens (including phenoxy) is 1. The van der Waals surface area contributed by atoms with Crippen LogP contribution in [0.15, 0.2) is 24.5 Å². The van der Waals surface area contributed by atoms with Crippen LogP contribution in [0.25, 0.3) is 0 Å². The van der Waals surface area contributed by atoms with Gasteiger partial charge in [-0.25, -0.2) is 0 Å². The molecule has 1 heterocycles. The zero-order chi connectivity index (χ0) is 14.8. The first-order chi connectivity index (χ1) is 9.69. The summed E-state index contributed by atoms with van der Waals surface area (Å²) in [4.78, 5) is 6.48. The molecule has 0 saturated carbocycles. The fourth-order valence-corrected chi connectivity index (χ4v) is 1.90. The Morgan fingerprint density at radius 3 is 2.85 bits per heavy atom. The van der Waals surface area contributed by atoms with E-state index in [-0.39, 0.29) is 0 Å². The van der Waals surface area contributed by atoms with E-state index in [0.29, 0.717) is 0 Å². The molecule has 1 rings (SSSR count). The van der Waals surface area contributed by atoms with Crippen molar-refractivity contribution >= 4 is 5.69 Å². The summed E-state index contributed by atoms with van der Waals surface area (Å²) in [6, 6.07) is 2.05. The second-order valence-corrected chi connectivity index (χ2v) is 4.88. The molecule has 0 bridgehead atoms. The molecular formula is C16H27N3O. The van der Waals surface area contributed by atoms with Gasteiger partial charge in [-0.2, -0.15) is 0 Å². The third-order valence-corrected chi connectivity index (χ3v) is 3.10. The molecule has 20 heavy (non-hydrogen) atoms. The number of aromatic nitrogens is 1. The number of pyridine rings is 1. The fraction of sp³-hybridized carbons (Fsp3) is 0.562. The average Bonchev–Trinajstić information content (AvgIpc) is 2.46. The van der Waals surface area contributed by atoms with Gasteiger partial charge in [-0.1, -0.05) is 13.0 Å². The van der Waals surface area contributed by atoms with Crippen LogP contribution in [0.2, 0.25) is 0 Å². The molecule has 0 saturated heterocycles. The lowest BCUT2D eigenvalue weighted by atomic mass is 10.2. The molecule has 0 atom stereocenters. The third kappa shape index (κ3) is 5.61. The van der Waals surface area contributed by atoms with Crippen LogP contribution < -0.4 is 15.4 Å². The summed E-state index contributed by atoms with van der Waals surface area (Å²) in [6.07, 6.45) is 10.2. The Balaban J connectivity index is 2.59. The van der Waals surface area contributed by atoms with Gasteiger partial charge in [0.1, 0.15) is 5.75 Å². The van der Waals surface area contributed by atoms with E-state index < -0.39 is 0 Å². The quantitative estimate of drug-likeness (QED) is 0.704. The molecule has 0 aliphatic heterocycles. The van der Waals surface area contributed by atoms with E-state index in [0.717, 1.165) is 56.0 Å². The second-order valence-electron chi connectivity index (χ2n) is 4.88. The first-order valence-corrected chi connectivity index (χ1v) is 7.38. The Morgan fingerprint density at radius 1 is 1.35 bits per heavy atom. The summed E-state index contributed by atoms with van der Waals surface area (Å²) < 4.78 is 5.75. The van der Waals surface area contributed by atoms with Gasteiger partial charge < -0.3 is 15.4 Å². The third-order valence-electron chi connectivity index (χ3n) is 3.10. The normalized spacial score (nSPS) is 11.0. The number of hydrogen-bond acceptors (Lipinski definition) is 4. The number of nitrogens with two attached hydrogens (primary N) is 1. The molecule has 0 radical (unpaired) electrons. The molecule has 112 valence electrons. The van der Waals surface area contributed by atoms with Crippen molar-refractivity contribution in [1.29, 1.82) is 0 Å². The van der Waals surface area contributed by atoms with Gasteiger partial charge in [-0.3, -0.25) is 4.98 Å². The average molecular weight is 277 g/mol. The van der Waals surface area contributed by atoms with Gasteiger partial charge in [0.2, 0.25) is 0 Å². The van der Waals surface area contributed by atoms with Crippen LogP contribution in [0.5, 0.6) is 5.75 Å². The summed E-state index contributed by atoms with van der Waals surface area (Å²) >= 11 is 0. The Hall–Kier alpha value is -1.55. The molecule has 0 aliphatic carbocycles. The highest BCUT2D eigenvalue weighted by Gasteiger charge is 2.05. The number of hydrogen-bond donors (Lipinski definition) is 1. The number of allylic oxidation sites excluding steroid dienone is 1. The number of unbranched alkanes of at least 4 members (excludes halogenated alkanes) is 2. The lowest BCUT2D eigenvalue weighted by Crippen LogP contribution is -2.10. The van der Waals surface area contributed by atoms with Gasteiger partial charge in [0.05, 0.1) is 24.2 Å². The molecule has 0 aromatic carbocycles. The van der Waals surface area contributed by atoms with Crippen molar-refractivity contribution in [2.45, 2.75) is 39.5 Å². The first kappa shape index (κ1) is 16.5. The second kappa shape index (κ2) is 9.37. The molecule has 4 nitrogen and oxygen atoms in total. The number of anilines is 1. The minimum Gasteiger partial charge on any atom is -0.492 e. The maximum atomic E-state index is 5.75. The van der Waals surface area contributed by atoms with Crippen molar-refractivity contribution < 1.29 is 4.74 Å². The predicted octanol–water partition coefficient (Wildman–Crippen LogP) is 3.26. The highest BCUT2D eigenvalue weighted by Crippen LogP contribution is 2.23. The first-order valence-electron chi connectivity index (χ1n) is 7.38. The van der Waals surface area contributed by atoms with Crippen LogP contribution in [-0.2, 0) is 0 Å². The zero-order valence-corrected chi connectivity index (χ0v) is 12.9. The fourth-order valence-electron chi connectivity index (χ4n) is 1.90. The van der Waals surface area contributed by atoms with Crippen LogP contribution in [0.4, 0.5) is 5.69 Å².